The molecule has 0 aromatic rings. The second-order valence-electron chi connectivity index (χ2n) is 5.48. The quantitative estimate of drug-likeness (QED) is 0.726. The lowest BCUT2D eigenvalue weighted by atomic mass is 10.1. The third-order valence-corrected chi connectivity index (χ3v) is 3.84. The van der Waals surface area contributed by atoms with E-state index in [1.54, 1.807) is 23.9 Å². The predicted octanol–water partition coefficient (Wildman–Crippen LogP) is -0.0457. The first kappa shape index (κ1) is 14.1. The minimum absolute atomic E-state index is 0.00226. The highest BCUT2D eigenvalue weighted by molar-refractivity contribution is 5.87. The lowest BCUT2D eigenvalue weighted by Crippen LogP contribution is -2.62. The van der Waals surface area contributed by atoms with Crippen LogP contribution in [0.1, 0.15) is 19.3 Å². The Morgan fingerprint density at radius 2 is 1.79 bits per heavy atom. The van der Waals surface area contributed by atoms with Crippen LogP contribution in [0.5, 0.6) is 0 Å². The molecule has 6 nitrogen and oxygen atoms in total. The molecule has 2 aliphatic rings. The van der Waals surface area contributed by atoms with Gasteiger partial charge in [0.25, 0.3) is 0 Å². The summed E-state index contributed by atoms with van der Waals surface area (Å²) in [5.41, 5.74) is 0. The van der Waals surface area contributed by atoms with E-state index in [2.05, 4.69) is 5.32 Å². The van der Waals surface area contributed by atoms with Gasteiger partial charge in [0.2, 0.25) is 5.91 Å². The predicted molar refractivity (Wildman–Crippen MR) is 72.9 cm³/mol. The number of carbonyl (C=O) groups excluding carboxylic acids is 2. The average molecular weight is 268 g/mol. The number of piperazine rings is 1. The fourth-order valence-corrected chi connectivity index (χ4v) is 2.72. The molecule has 3 amide bonds. The summed E-state index contributed by atoms with van der Waals surface area (Å²) in [4.78, 5) is 29.9. The molecule has 1 N–H and O–H groups in total. The standard InChI is InChI=1S/C13H24N4O2/c1-15(2)12(18)11-10-14-6-9-17(11)13(19)16-7-4-3-5-8-16/h11,14H,3-10H2,1-2H3. The maximum atomic E-state index is 12.5. The summed E-state index contributed by atoms with van der Waals surface area (Å²) in [7, 11) is 3.47. The Labute approximate surface area is 114 Å². The molecule has 0 radical (unpaired) electrons. The van der Waals surface area contributed by atoms with Crippen LogP contribution >= 0.6 is 0 Å². The Morgan fingerprint density at radius 1 is 1.11 bits per heavy atom. The van der Waals surface area contributed by atoms with Crippen molar-refractivity contribution < 1.29 is 9.59 Å². The van der Waals surface area contributed by atoms with Crippen molar-refractivity contribution in [1.82, 2.24) is 20.0 Å². The average Bonchev–Trinajstić information content (AvgIpc) is 2.46. The Balaban J connectivity index is 2.05. The first-order valence-corrected chi connectivity index (χ1v) is 7.08. The molecule has 108 valence electrons. The Morgan fingerprint density at radius 3 is 2.42 bits per heavy atom. The molecule has 0 aromatic heterocycles. The number of nitrogens with zero attached hydrogens (tertiary/aromatic N) is 3. The molecular formula is C13H24N4O2. The monoisotopic (exact) mass is 268 g/mol. The molecule has 2 fully saturated rings. The van der Waals surface area contributed by atoms with Gasteiger partial charge >= 0.3 is 6.03 Å². The first-order valence-electron chi connectivity index (χ1n) is 7.08. The number of nitrogens with one attached hydrogen (secondary N) is 1. The fraction of sp³-hybridized carbons (Fsp3) is 0.846. The van der Waals surface area contributed by atoms with Crippen LogP contribution < -0.4 is 5.32 Å². The first-order chi connectivity index (χ1) is 9.11. The van der Waals surface area contributed by atoms with Crippen LogP contribution in [0.2, 0.25) is 0 Å². The summed E-state index contributed by atoms with van der Waals surface area (Å²) in [6.07, 6.45) is 3.35. The van der Waals surface area contributed by atoms with Crippen LogP contribution in [0.15, 0.2) is 0 Å². The van der Waals surface area contributed by atoms with Crippen LogP contribution in [-0.2, 0) is 4.79 Å². The highest BCUT2D eigenvalue weighted by Crippen LogP contribution is 2.15. The van der Waals surface area contributed by atoms with Crippen molar-refractivity contribution in [1.29, 1.82) is 0 Å². The molecule has 1 atom stereocenters. The molecule has 0 bridgehead atoms. The molecule has 0 aliphatic carbocycles. The smallest absolute Gasteiger partial charge is 0.320 e. The maximum absolute atomic E-state index is 12.5. The second-order valence-corrected chi connectivity index (χ2v) is 5.48. The topological polar surface area (TPSA) is 55.9 Å². The number of likely N-dealkylation sites (tertiary alicyclic amines) is 1. The summed E-state index contributed by atoms with van der Waals surface area (Å²) in [5, 5.41) is 3.20. The third-order valence-electron chi connectivity index (χ3n) is 3.84. The summed E-state index contributed by atoms with van der Waals surface area (Å²) < 4.78 is 0. The normalized spacial score (nSPS) is 24.2. The van der Waals surface area contributed by atoms with Crippen LogP contribution in [-0.4, -0.2) is 79.5 Å². The lowest BCUT2D eigenvalue weighted by molar-refractivity contribution is -0.134. The van der Waals surface area contributed by atoms with Gasteiger partial charge in [-0.2, -0.15) is 0 Å². The zero-order valence-corrected chi connectivity index (χ0v) is 11.9. The van der Waals surface area contributed by atoms with Crippen molar-refractivity contribution in [3.8, 4) is 0 Å². The minimum atomic E-state index is -0.363. The number of amides is 3. The van der Waals surface area contributed by atoms with E-state index in [-0.39, 0.29) is 18.0 Å². The molecule has 2 rings (SSSR count). The summed E-state index contributed by atoms with van der Waals surface area (Å²) in [6.45, 7) is 3.57. The second kappa shape index (κ2) is 6.23. The van der Waals surface area contributed by atoms with Gasteiger partial charge < -0.3 is 20.0 Å². The van der Waals surface area contributed by atoms with E-state index in [1.807, 2.05) is 4.90 Å². The Kier molecular flexibility index (Phi) is 4.63. The van der Waals surface area contributed by atoms with Crippen LogP contribution in [0.25, 0.3) is 0 Å². The molecule has 1 unspecified atom stereocenters. The van der Waals surface area contributed by atoms with E-state index >= 15 is 0 Å². The van der Waals surface area contributed by atoms with Crippen molar-refractivity contribution in [2.45, 2.75) is 25.3 Å². The molecule has 0 aromatic carbocycles. The molecule has 2 aliphatic heterocycles. The molecular weight excluding hydrogens is 244 g/mol. The highest BCUT2D eigenvalue weighted by Gasteiger charge is 2.35. The van der Waals surface area contributed by atoms with Crippen molar-refractivity contribution in [3.05, 3.63) is 0 Å². The molecule has 0 spiro atoms. The number of carbonyl (C=O) groups is 2. The van der Waals surface area contributed by atoms with Gasteiger partial charge in [-0.05, 0) is 19.3 Å². The number of hydrogen-bond donors (Lipinski definition) is 1. The number of urea groups is 1. The molecule has 6 heteroatoms. The van der Waals surface area contributed by atoms with Crippen molar-refractivity contribution in [3.63, 3.8) is 0 Å². The van der Waals surface area contributed by atoms with Gasteiger partial charge in [-0.1, -0.05) is 0 Å². The van der Waals surface area contributed by atoms with Crippen molar-refractivity contribution >= 4 is 11.9 Å². The minimum Gasteiger partial charge on any atom is -0.347 e. The highest BCUT2D eigenvalue weighted by atomic mass is 16.2. The van der Waals surface area contributed by atoms with Crippen LogP contribution in [0, 0.1) is 0 Å². The van der Waals surface area contributed by atoms with E-state index in [4.69, 9.17) is 0 Å². The largest absolute Gasteiger partial charge is 0.347 e. The van der Waals surface area contributed by atoms with Crippen molar-refractivity contribution in [2.75, 3.05) is 46.8 Å². The number of rotatable bonds is 1. The van der Waals surface area contributed by atoms with Crippen LogP contribution in [0.3, 0.4) is 0 Å². The molecule has 0 saturated carbocycles. The van der Waals surface area contributed by atoms with E-state index < -0.39 is 0 Å². The summed E-state index contributed by atoms with van der Waals surface area (Å²) in [5.74, 6) is -0.00226. The number of likely N-dealkylation sites (N-methyl/N-ethyl adjacent to an activating group) is 1. The molecule has 19 heavy (non-hydrogen) atoms. The summed E-state index contributed by atoms with van der Waals surface area (Å²) >= 11 is 0. The zero-order chi connectivity index (χ0) is 13.8. The Hall–Kier alpha value is -1.30. The number of piperidine rings is 1. The molecule has 2 saturated heterocycles. The van der Waals surface area contributed by atoms with Gasteiger partial charge in [0.05, 0.1) is 0 Å². The van der Waals surface area contributed by atoms with Gasteiger partial charge in [0, 0.05) is 46.8 Å². The SMILES string of the molecule is CN(C)C(=O)C1CNCCN1C(=O)N1CCCCC1. The fourth-order valence-electron chi connectivity index (χ4n) is 2.72. The number of hydrogen-bond acceptors (Lipinski definition) is 3. The van der Waals surface area contributed by atoms with E-state index in [0.29, 0.717) is 13.1 Å². The van der Waals surface area contributed by atoms with Gasteiger partial charge in [-0.3, -0.25) is 4.79 Å². The van der Waals surface area contributed by atoms with Crippen molar-refractivity contribution in [2.24, 2.45) is 0 Å². The van der Waals surface area contributed by atoms with E-state index in [1.165, 1.54) is 6.42 Å². The van der Waals surface area contributed by atoms with E-state index in [9.17, 15) is 9.59 Å². The summed E-state index contributed by atoms with van der Waals surface area (Å²) in [6, 6.07) is -0.334. The van der Waals surface area contributed by atoms with Gasteiger partial charge in [-0.25, -0.2) is 4.79 Å². The zero-order valence-electron chi connectivity index (χ0n) is 11.9. The van der Waals surface area contributed by atoms with Gasteiger partial charge in [0.1, 0.15) is 6.04 Å². The van der Waals surface area contributed by atoms with Gasteiger partial charge in [0.15, 0.2) is 0 Å². The molecule has 2 heterocycles. The Bertz CT molecular complexity index is 340. The maximum Gasteiger partial charge on any atom is 0.320 e. The lowest BCUT2D eigenvalue weighted by Gasteiger charge is -2.40. The van der Waals surface area contributed by atoms with E-state index in [0.717, 1.165) is 32.5 Å². The van der Waals surface area contributed by atoms with Gasteiger partial charge in [-0.15, -0.1) is 0 Å². The van der Waals surface area contributed by atoms with Crippen LogP contribution in [0.4, 0.5) is 4.79 Å². The third kappa shape index (κ3) is 3.18.